The number of hydrogen-bond donors (Lipinski definition) is 0. The standard InChI is InChI=1S/C10H8F2N4O5S2/c1-22(19)10-14-13-5-15(10)7-3-2-6(4-8(7)16(17)18)23(20,21)9(11)12/h2-5,9H,1H3. The topological polar surface area (TPSA) is 125 Å². The summed E-state index contributed by atoms with van der Waals surface area (Å²) in [6, 6.07) is 2.26. The van der Waals surface area contributed by atoms with E-state index < -0.39 is 41.9 Å². The van der Waals surface area contributed by atoms with Gasteiger partial charge >= 0.3 is 5.76 Å². The number of sulfone groups is 1. The Morgan fingerprint density at radius 3 is 2.57 bits per heavy atom. The molecular formula is C10H8F2N4O5S2. The maximum Gasteiger partial charge on any atom is 0.341 e. The van der Waals surface area contributed by atoms with Gasteiger partial charge in [0, 0.05) is 12.3 Å². The summed E-state index contributed by atoms with van der Waals surface area (Å²) in [6.07, 6.45) is 2.31. The maximum atomic E-state index is 12.6. The average Bonchev–Trinajstić information content (AvgIpc) is 2.95. The van der Waals surface area contributed by atoms with Gasteiger partial charge in [-0.1, -0.05) is 0 Å². The first-order valence-electron chi connectivity index (χ1n) is 5.70. The van der Waals surface area contributed by atoms with Crippen LogP contribution in [-0.2, 0) is 20.6 Å². The molecule has 23 heavy (non-hydrogen) atoms. The number of halogens is 2. The van der Waals surface area contributed by atoms with Crippen LogP contribution in [0.1, 0.15) is 0 Å². The van der Waals surface area contributed by atoms with Crippen LogP contribution < -0.4 is 0 Å². The van der Waals surface area contributed by atoms with Gasteiger partial charge in [-0.15, -0.1) is 10.2 Å². The third kappa shape index (κ3) is 3.10. The van der Waals surface area contributed by atoms with Crippen molar-refractivity contribution < 1.29 is 26.3 Å². The van der Waals surface area contributed by atoms with E-state index in [-0.39, 0.29) is 10.8 Å². The number of rotatable bonds is 5. The van der Waals surface area contributed by atoms with Crippen molar-refractivity contribution >= 4 is 26.3 Å². The molecule has 0 amide bonds. The highest BCUT2D eigenvalue weighted by molar-refractivity contribution is 7.91. The van der Waals surface area contributed by atoms with Crippen molar-refractivity contribution in [2.24, 2.45) is 0 Å². The number of hydrogen-bond acceptors (Lipinski definition) is 7. The minimum absolute atomic E-state index is 0.113. The first-order chi connectivity index (χ1) is 10.7. The van der Waals surface area contributed by atoms with E-state index >= 15 is 0 Å². The fraction of sp³-hybridized carbons (Fsp3) is 0.200. The molecule has 1 unspecified atom stereocenters. The zero-order chi connectivity index (χ0) is 17.4. The Labute approximate surface area is 130 Å². The third-order valence-corrected chi connectivity index (χ3v) is 4.91. The predicted molar refractivity (Wildman–Crippen MR) is 73.5 cm³/mol. The van der Waals surface area contributed by atoms with Gasteiger partial charge in [0.15, 0.2) is 0 Å². The van der Waals surface area contributed by atoms with E-state index in [0.717, 1.165) is 23.0 Å². The maximum absolute atomic E-state index is 12.6. The SMILES string of the molecule is CS(=O)c1nncn1-c1ccc(S(=O)(=O)C(F)F)cc1[N+](=O)[O-]. The summed E-state index contributed by atoms with van der Waals surface area (Å²) < 4.78 is 60.5. The molecule has 0 saturated heterocycles. The molecule has 2 rings (SSSR count). The summed E-state index contributed by atoms with van der Waals surface area (Å²) in [5, 5.41) is 18.0. The Bertz CT molecular complexity index is 896. The molecule has 0 radical (unpaired) electrons. The molecule has 0 spiro atoms. The van der Waals surface area contributed by atoms with Gasteiger partial charge in [0.05, 0.1) is 20.6 Å². The van der Waals surface area contributed by atoms with Gasteiger partial charge in [-0.25, -0.2) is 8.42 Å². The van der Waals surface area contributed by atoms with Crippen molar-refractivity contribution in [1.29, 1.82) is 0 Å². The Morgan fingerprint density at radius 1 is 1.39 bits per heavy atom. The molecule has 1 aromatic heterocycles. The molecule has 0 fully saturated rings. The minimum Gasteiger partial charge on any atom is -0.268 e. The van der Waals surface area contributed by atoms with Crippen LogP contribution in [0.25, 0.3) is 5.69 Å². The fourth-order valence-corrected chi connectivity index (χ4v) is 3.04. The smallest absolute Gasteiger partial charge is 0.268 e. The summed E-state index contributed by atoms with van der Waals surface area (Å²) in [6.45, 7) is 0. The molecule has 0 N–H and O–H groups in total. The summed E-state index contributed by atoms with van der Waals surface area (Å²) >= 11 is 0. The molecule has 0 aliphatic rings. The number of alkyl halides is 2. The van der Waals surface area contributed by atoms with Crippen LogP contribution in [0.3, 0.4) is 0 Å². The van der Waals surface area contributed by atoms with Gasteiger partial charge in [0.1, 0.15) is 12.0 Å². The van der Waals surface area contributed by atoms with Crippen molar-refractivity contribution in [3.8, 4) is 5.69 Å². The molecule has 1 atom stereocenters. The zero-order valence-corrected chi connectivity index (χ0v) is 12.9. The Hall–Kier alpha value is -2.28. The van der Waals surface area contributed by atoms with Crippen LogP contribution in [0.5, 0.6) is 0 Å². The number of nitro groups is 1. The second-order valence-electron chi connectivity index (χ2n) is 4.15. The van der Waals surface area contributed by atoms with E-state index in [2.05, 4.69) is 10.2 Å². The quantitative estimate of drug-likeness (QED) is 0.569. The molecule has 124 valence electrons. The lowest BCUT2D eigenvalue weighted by atomic mass is 10.2. The third-order valence-electron chi connectivity index (χ3n) is 2.74. The first-order valence-corrected chi connectivity index (χ1v) is 8.81. The van der Waals surface area contributed by atoms with Crippen molar-refractivity contribution in [2.75, 3.05) is 6.26 Å². The van der Waals surface area contributed by atoms with Gasteiger partial charge in [-0.3, -0.25) is 18.9 Å². The molecule has 0 saturated carbocycles. The number of aromatic nitrogens is 3. The van der Waals surface area contributed by atoms with E-state index in [4.69, 9.17) is 0 Å². The average molecular weight is 366 g/mol. The van der Waals surface area contributed by atoms with Crippen molar-refractivity contribution in [3.63, 3.8) is 0 Å². The van der Waals surface area contributed by atoms with Crippen LogP contribution in [0.4, 0.5) is 14.5 Å². The molecule has 0 aliphatic heterocycles. The Morgan fingerprint density at radius 2 is 2.04 bits per heavy atom. The molecule has 13 heteroatoms. The number of nitrogens with zero attached hydrogens (tertiary/aromatic N) is 4. The summed E-state index contributed by atoms with van der Waals surface area (Å²) in [5.41, 5.74) is -0.961. The lowest BCUT2D eigenvalue weighted by Crippen LogP contribution is -2.12. The van der Waals surface area contributed by atoms with Crippen LogP contribution in [0.2, 0.25) is 0 Å². The van der Waals surface area contributed by atoms with Crippen LogP contribution in [0.15, 0.2) is 34.6 Å². The highest BCUT2D eigenvalue weighted by Gasteiger charge is 2.30. The minimum atomic E-state index is -4.98. The summed E-state index contributed by atoms with van der Waals surface area (Å²) in [4.78, 5) is 9.30. The molecule has 1 heterocycles. The lowest BCUT2D eigenvalue weighted by Gasteiger charge is -2.08. The second kappa shape index (κ2) is 6.08. The highest BCUT2D eigenvalue weighted by atomic mass is 32.2. The first kappa shape index (κ1) is 17.1. The molecule has 9 nitrogen and oxygen atoms in total. The number of benzene rings is 1. The molecule has 1 aromatic carbocycles. The highest BCUT2D eigenvalue weighted by Crippen LogP contribution is 2.29. The van der Waals surface area contributed by atoms with Gasteiger partial charge < -0.3 is 0 Å². The van der Waals surface area contributed by atoms with E-state index in [1.165, 1.54) is 6.26 Å². The van der Waals surface area contributed by atoms with Crippen LogP contribution in [0, 0.1) is 10.1 Å². The lowest BCUT2D eigenvalue weighted by molar-refractivity contribution is -0.384. The normalized spacial score (nSPS) is 13.2. The van der Waals surface area contributed by atoms with Crippen molar-refractivity contribution in [2.45, 2.75) is 15.8 Å². The predicted octanol–water partition coefficient (Wildman–Crippen LogP) is 0.909. The number of nitro benzene ring substituents is 1. The monoisotopic (exact) mass is 366 g/mol. The van der Waals surface area contributed by atoms with Gasteiger partial charge in [0.2, 0.25) is 15.0 Å². The largest absolute Gasteiger partial charge is 0.341 e. The van der Waals surface area contributed by atoms with Gasteiger partial charge in [-0.05, 0) is 12.1 Å². The molecule has 2 aromatic rings. The summed E-state index contributed by atoms with van der Waals surface area (Å²) in [7, 11) is -6.62. The van der Waals surface area contributed by atoms with Gasteiger partial charge in [-0.2, -0.15) is 8.78 Å². The summed E-state index contributed by atoms with van der Waals surface area (Å²) in [5.74, 6) is -3.71. The van der Waals surface area contributed by atoms with Crippen molar-refractivity contribution in [1.82, 2.24) is 14.8 Å². The molecule has 0 bridgehead atoms. The van der Waals surface area contributed by atoms with Crippen molar-refractivity contribution in [3.05, 3.63) is 34.6 Å². The van der Waals surface area contributed by atoms with Crippen LogP contribution in [-0.4, -0.2) is 44.3 Å². The van der Waals surface area contributed by atoms with E-state index in [0.29, 0.717) is 6.07 Å². The van der Waals surface area contributed by atoms with E-state index in [9.17, 15) is 31.5 Å². The van der Waals surface area contributed by atoms with Gasteiger partial charge in [0.25, 0.3) is 5.69 Å². The Kier molecular flexibility index (Phi) is 4.51. The zero-order valence-electron chi connectivity index (χ0n) is 11.3. The van der Waals surface area contributed by atoms with E-state index in [1.807, 2.05) is 0 Å². The second-order valence-corrected chi connectivity index (χ2v) is 7.34. The van der Waals surface area contributed by atoms with E-state index in [1.54, 1.807) is 0 Å². The fourth-order valence-electron chi connectivity index (χ4n) is 1.72. The Balaban J connectivity index is 2.70. The molecule has 0 aliphatic carbocycles. The van der Waals surface area contributed by atoms with Crippen LogP contribution >= 0.6 is 0 Å². The molecular weight excluding hydrogens is 358 g/mol.